The van der Waals surface area contributed by atoms with Gasteiger partial charge in [-0.1, -0.05) is 0 Å². The summed E-state index contributed by atoms with van der Waals surface area (Å²) >= 11 is 0. The summed E-state index contributed by atoms with van der Waals surface area (Å²) in [6.45, 7) is 5.08. The van der Waals surface area contributed by atoms with Crippen molar-refractivity contribution in [2.24, 2.45) is 5.14 Å². The molecule has 0 saturated heterocycles. The smallest absolute Gasteiger partial charge is 0.306 e. The summed E-state index contributed by atoms with van der Waals surface area (Å²) < 4.78 is 28.3. The van der Waals surface area contributed by atoms with E-state index in [1.165, 1.54) is 6.07 Å². The van der Waals surface area contributed by atoms with Gasteiger partial charge in [0.2, 0.25) is 10.0 Å². The van der Waals surface area contributed by atoms with Crippen molar-refractivity contribution in [1.29, 1.82) is 0 Å². The Morgan fingerprint density at radius 1 is 1.32 bits per heavy atom. The number of rotatable bonds is 5. The van der Waals surface area contributed by atoms with Gasteiger partial charge in [0.05, 0.1) is 17.9 Å². The van der Waals surface area contributed by atoms with Gasteiger partial charge in [-0.3, -0.25) is 4.79 Å². The summed E-state index contributed by atoms with van der Waals surface area (Å²) in [5.74, 6) is -0.445. The molecule has 1 aromatic carbocycles. The minimum absolute atomic E-state index is 0.0329. The normalized spacial score (nSPS) is 11.4. The molecular formula is C12H17NO5S. The number of carboxylic acids is 1. The second kappa shape index (κ2) is 5.58. The zero-order chi connectivity index (χ0) is 14.8. The molecular weight excluding hydrogens is 270 g/mol. The van der Waals surface area contributed by atoms with E-state index in [4.69, 9.17) is 15.0 Å². The van der Waals surface area contributed by atoms with Crippen molar-refractivity contribution in [3.63, 3.8) is 0 Å². The molecule has 3 N–H and O–H groups in total. The summed E-state index contributed by atoms with van der Waals surface area (Å²) in [6, 6.07) is 1.44. The molecule has 0 atom stereocenters. The van der Waals surface area contributed by atoms with Crippen LogP contribution in [0.3, 0.4) is 0 Å². The van der Waals surface area contributed by atoms with Gasteiger partial charge < -0.3 is 9.84 Å². The van der Waals surface area contributed by atoms with Crippen LogP contribution in [0.1, 0.15) is 23.1 Å². The predicted molar refractivity (Wildman–Crippen MR) is 69.8 cm³/mol. The van der Waals surface area contributed by atoms with Gasteiger partial charge in [-0.05, 0) is 43.5 Å². The third-order valence-corrected chi connectivity index (χ3v) is 3.88. The first kappa shape index (κ1) is 15.5. The summed E-state index contributed by atoms with van der Waals surface area (Å²) in [5, 5.41) is 13.7. The Morgan fingerprint density at radius 2 is 1.89 bits per heavy atom. The average molecular weight is 287 g/mol. The quantitative estimate of drug-likeness (QED) is 0.843. The molecule has 0 bridgehead atoms. The first-order chi connectivity index (χ1) is 8.64. The fraction of sp³-hybridized carbons (Fsp3) is 0.417. The SMILES string of the molecule is Cc1cc(S(N)(=O)=O)c(C)c(C)c1OCCC(=O)O. The van der Waals surface area contributed by atoms with Crippen molar-refractivity contribution in [1.82, 2.24) is 0 Å². The topological polar surface area (TPSA) is 107 Å². The molecule has 0 amide bonds. The van der Waals surface area contributed by atoms with Crippen LogP contribution in [0.4, 0.5) is 0 Å². The van der Waals surface area contributed by atoms with Crippen LogP contribution >= 0.6 is 0 Å². The number of benzene rings is 1. The largest absolute Gasteiger partial charge is 0.492 e. The van der Waals surface area contributed by atoms with Crippen LogP contribution in [-0.2, 0) is 14.8 Å². The van der Waals surface area contributed by atoms with E-state index in [1.807, 2.05) is 0 Å². The third-order valence-electron chi connectivity index (χ3n) is 2.85. The van der Waals surface area contributed by atoms with Crippen LogP contribution in [-0.4, -0.2) is 26.1 Å². The third kappa shape index (κ3) is 3.68. The molecule has 0 radical (unpaired) electrons. The Kier molecular flexibility index (Phi) is 4.54. The monoisotopic (exact) mass is 287 g/mol. The highest BCUT2D eigenvalue weighted by Gasteiger charge is 2.18. The zero-order valence-electron chi connectivity index (χ0n) is 11.1. The van der Waals surface area contributed by atoms with Crippen LogP contribution in [0.5, 0.6) is 5.75 Å². The van der Waals surface area contributed by atoms with Gasteiger partial charge >= 0.3 is 5.97 Å². The first-order valence-electron chi connectivity index (χ1n) is 5.62. The van der Waals surface area contributed by atoms with Crippen LogP contribution < -0.4 is 9.88 Å². The lowest BCUT2D eigenvalue weighted by Crippen LogP contribution is -2.15. The van der Waals surface area contributed by atoms with Crippen LogP contribution in [0.25, 0.3) is 0 Å². The molecule has 1 rings (SSSR count). The molecule has 6 nitrogen and oxygen atoms in total. The van der Waals surface area contributed by atoms with E-state index >= 15 is 0 Å². The van der Waals surface area contributed by atoms with E-state index in [0.29, 0.717) is 22.4 Å². The van der Waals surface area contributed by atoms with Gasteiger partial charge in [0.1, 0.15) is 5.75 Å². The number of hydrogen-bond donors (Lipinski definition) is 2. The fourth-order valence-corrected chi connectivity index (χ4v) is 2.70. The molecule has 1 aromatic rings. The highest BCUT2D eigenvalue weighted by molar-refractivity contribution is 7.89. The first-order valence-corrected chi connectivity index (χ1v) is 7.17. The maximum Gasteiger partial charge on any atom is 0.306 e. The number of aliphatic carboxylic acids is 1. The maximum atomic E-state index is 11.4. The number of sulfonamides is 1. The predicted octanol–water partition coefficient (Wildman–Crippen LogP) is 1.11. The van der Waals surface area contributed by atoms with Crippen molar-refractivity contribution < 1.29 is 23.1 Å². The maximum absolute atomic E-state index is 11.4. The molecule has 0 unspecified atom stereocenters. The lowest BCUT2D eigenvalue weighted by Gasteiger charge is -2.16. The van der Waals surface area contributed by atoms with Crippen molar-refractivity contribution in [2.45, 2.75) is 32.1 Å². The molecule has 0 aliphatic rings. The van der Waals surface area contributed by atoms with Gasteiger partial charge in [-0.15, -0.1) is 0 Å². The molecule has 0 saturated carbocycles. The highest BCUT2D eigenvalue weighted by Crippen LogP contribution is 2.30. The molecule has 0 aliphatic carbocycles. The van der Waals surface area contributed by atoms with Gasteiger partial charge in [0, 0.05) is 0 Å². The Bertz CT molecular complexity index is 607. The standard InChI is InChI=1S/C12H17NO5S/c1-7-6-10(19(13,16)17)8(2)9(3)12(7)18-5-4-11(14)15/h6H,4-5H2,1-3H3,(H,14,15)(H2,13,16,17). The summed E-state index contributed by atoms with van der Waals surface area (Å²) in [4.78, 5) is 10.5. The second-order valence-electron chi connectivity index (χ2n) is 4.31. The molecule has 0 heterocycles. The fourth-order valence-electron chi connectivity index (χ4n) is 1.78. The molecule has 0 aromatic heterocycles. The van der Waals surface area contributed by atoms with Crippen molar-refractivity contribution in [2.75, 3.05) is 6.61 Å². The van der Waals surface area contributed by atoms with Crippen molar-refractivity contribution in [3.05, 3.63) is 22.8 Å². The highest BCUT2D eigenvalue weighted by atomic mass is 32.2. The minimum Gasteiger partial charge on any atom is -0.492 e. The lowest BCUT2D eigenvalue weighted by molar-refractivity contribution is -0.137. The molecule has 106 valence electrons. The van der Waals surface area contributed by atoms with E-state index in [2.05, 4.69) is 0 Å². The van der Waals surface area contributed by atoms with E-state index < -0.39 is 16.0 Å². The number of hydrogen-bond acceptors (Lipinski definition) is 4. The number of carbonyl (C=O) groups is 1. The van der Waals surface area contributed by atoms with Crippen LogP contribution in [0.15, 0.2) is 11.0 Å². The second-order valence-corrected chi connectivity index (χ2v) is 5.84. The molecule has 7 heteroatoms. The lowest BCUT2D eigenvalue weighted by atomic mass is 10.1. The molecule has 0 spiro atoms. The number of aryl methyl sites for hydroxylation is 1. The number of primary sulfonamides is 1. The van der Waals surface area contributed by atoms with Crippen molar-refractivity contribution >= 4 is 16.0 Å². The van der Waals surface area contributed by atoms with Crippen LogP contribution in [0, 0.1) is 20.8 Å². The molecule has 19 heavy (non-hydrogen) atoms. The number of ether oxygens (including phenoxy) is 1. The van der Waals surface area contributed by atoms with Gasteiger partial charge in [0.25, 0.3) is 0 Å². The van der Waals surface area contributed by atoms with E-state index in [0.717, 1.165) is 0 Å². The Labute approximate surface area is 112 Å². The summed E-state index contributed by atoms with van der Waals surface area (Å²) in [5.41, 5.74) is 1.77. The summed E-state index contributed by atoms with van der Waals surface area (Å²) in [6.07, 6.45) is -0.116. The molecule has 0 aliphatic heterocycles. The summed E-state index contributed by atoms with van der Waals surface area (Å²) in [7, 11) is -3.78. The van der Waals surface area contributed by atoms with E-state index in [1.54, 1.807) is 20.8 Å². The Hall–Kier alpha value is -1.60. The van der Waals surface area contributed by atoms with E-state index in [-0.39, 0.29) is 17.9 Å². The van der Waals surface area contributed by atoms with Gasteiger partial charge in [0.15, 0.2) is 0 Å². The number of carboxylic acid groups (broad SMARTS) is 1. The van der Waals surface area contributed by atoms with Crippen molar-refractivity contribution in [3.8, 4) is 5.75 Å². The van der Waals surface area contributed by atoms with Crippen LogP contribution in [0.2, 0.25) is 0 Å². The molecule has 0 fully saturated rings. The van der Waals surface area contributed by atoms with Gasteiger partial charge in [-0.25, -0.2) is 13.6 Å². The average Bonchev–Trinajstić information content (AvgIpc) is 2.26. The minimum atomic E-state index is -3.78. The van der Waals surface area contributed by atoms with E-state index in [9.17, 15) is 13.2 Å². The number of nitrogens with two attached hydrogens (primary N) is 1. The Morgan fingerprint density at radius 3 is 2.37 bits per heavy atom. The van der Waals surface area contributed by atoms with Gasteiger partial charge in [-0.2, -0.15) is 0 Å². The Balaban J connectivity index is 3.16. The zero-order valence-corrected chi connectivity index (χ0v) is 11.9.